The fraction of sp³-hybridized carbons (Fsp3) is 0.200. The van der Waals surface area contributed by atoms with Crippen LogP contribution in [0.25, 0.3) is 0 Å². The van der Waals surface area contributed by atoms with E-state index in [0.29, 0.717) is 5.56 Å². The lowest BCUT2D eigenvalue weighted by Crippen LogP contribution is -2.35. The Labute approximate surface area is 96.8 Å². The molecule has 1 aromatic carbocycles. The van der Waals surface area contributed by atoms with Gasteiger partial charge in [0.1, 0.15) is 11.7 Å². The van der Waals surface area contributed by atoms with Gasteiger partial charge >= 0.3 is 6.03 Å². The predicted molar refractivity (Wildman–Crippen MR) is 59.0 cm³/mol. The van der Waals surface area contributed by atoms with Gasteiger partial charge in [0.05, 0.1) is 0 Å². The van der Waals surface area contributed by atoms with Crippen LogP contribution in [-0.2, 0) is 4.79 Å². The number of carbonyl (C=O) groups is 2. The van der Waals surface area contributed by atoms with Crippen LogP contribution in [0.4, 0.5) is 14.9 Å². The maximum Gasteiger partial charge on any atom is 0.325 e. The van der Waals surface area contributed by atoms with Crippen LogP contribution in [0.15, 0.2) is 18.2 Å². The molecule has 1 rings (SSSR count). The van der Waals surface area contributed by atoms with Crippen LogP contribution in [0.3, 0.4) is 0 Å². The third-order valence-electron chi connectivity index (χ3n) is 1.80. The molecular weight excluding hydrogens is 235 g/mol. The highest BCUT2D eigenvalue weighted by atomic mass is 35.5. The highest BCUT2D eigenvalue weighted by Crippen LogP contribution is 2.13. The minimum absolute atomic E-state index is 0.267. The van der Waals surface area contributed by atoms with E-state index < -0.39 is 17.8 Å². The van der Waals surface area contributed by atoms with Crippen molar-refractivity contribution in [1.82, 2.24) is 5.32 Å². The molecule has 0 aliphatic rings. The number of alkyl halides is 1. The first-order valence-electron chi connectivity index (χ1n) is 4.46. The molecule has 0 aliphatic carbocycles. The molecule has 4 nitrogen and oxygen atoms in total. The van der Waals surface area contributed by atoms with Crippen molar-refractivity contribution in [2.75, 3.05) is 11.2 Å². The second kappa shape index (κ2) is 5.46. The zero-order valence-corrected chi connectivity index (χ0v) is 9.27. The van der Waals surface area contributed by atoms with Gasteiger partial charge in [-0.15, -0.1) is 11.6 Å². The van der Waals surface area contributed by atoms with E-state index in [1.807, 2.05) is 5.32 Å². The standard InChI is InChI=1S/C10H10ClFN2O2/c1-6-2-3-7(4-8(6)12)13-10(16)14-9(15)5-11/h2-4H,5H2,1H3,(H2,13,14,15,16). The van der Waals surface area contributed by atoms with Crippen LogP contribution in [0.1, 0.15) is 5.56 Å². The summed E-state index contributed by atoms with van der Waals surface area (Å²) in [7, 11) is 0. The van der Waals surface area contributed by atoms with Crippen molar-refractivity contribution < 1.29 is 14.0 Å². The number of rotatable bonds is 2. The first-order valence-corrected chi connectivity index (χ1v) is 4.99. The number of hydrogen-bond acceptors (Lipinski definition) is 2. The smallest absolute Gasteiger partial charge is 0.308 e. The van der Waals surface area contributed by atoms with Gasteiger partial charge in [-0.25, -0.2) is 9.18 Å². The molecule has 0 spiro atoms. The zero-order valence-electron chi connectivity index (χ0n) is 8.51. The number of carbonyl (C=O) groups excluding carboxylic acids is 2. The Morgan fingerprint density at radius 1 is 1.44 bits per heavy atom. The van der Waals surface area contributed by atoms with E-state index in [2.05, 4.69) is 5.32 Å². The Kier molecular flexibility index (Phi) is 4.25. The summed E-state index contributed by atoms with van der Waals surface area (Å²) in [6.45, 7) is 1.61. The number of amides is 3. The Morgan fingerprint density at radius 2 is 2.12 bits per heavy atom. The second-order valence-corrected chi connectivity index (χ2v) is 3.37. The van der Waals surface area contributed by atoms with Crippen LogP contribution in [-0.4, -0.2) is 17.8 Å². The van der Waals surface area contributed by atoms with Gasteiger partial charge in [-0.1, -0.05) is 6.07 Å². The molecule has 0 atom stereocenters. The molecule has 0 bridgehead atoms. The summed E-state index contributed by atoms with van der Waals surface area (Å²) in [4.78, 5) is 21.9. The Hall–Kier alpha value is -1.62. The first-order chi connectivity index (χ1) is 7.52. The van der Waals surface area contributed by atoms with Crippen molar-refractivity contribution in [3.05, 3.63) is 29.6 Å². The van der Waals surface area contributed by atoms with Crippen molar-refractivity contribution in [2.24, 2.45) is 0 Å². The topological polar surface area (TPSA) is 58.2 Å². The summed E-state index contributed by atoms with van der Waals surface area (Å²) in [5.74, 6) is -1.36. The number of aryl methyl sites for hydroxylation is 1. The van der Waals surface area contributed by atoms with E-state index in [1.54, 1.807) is 6.92 Å². The number of urea groups is 1. The van der Waals surface area contributed by atoms with Gasteiger partial charge < -0.3 is 5.32 Å². The lowest BCUT2D eigenvalue weighted by Gasteiger charge is -2.06. The molecule has 2 N–H and O–H groups in total. The number of imide groups is 1. The maximum atomic E-state index is 13.1. The third kappa shape index (κ3) is 3.51. The zero-order chi connectivity index (χ0) is 12.1. The van der Waals surface area contributed by atoms with Gasteiger partial charge in [-0.3, -0.25) is 10.1 Å². The molecule has 3 amide bonds. The summed E-state index contributed by atoms with van der Waals surface area (Å²) in [5.41, 5.74) is 0.741. The number of halogens is 2. The molecule has 86 valence electrons. The molecule has 0 aromatic heterocycles. The van der Waals surface area contributed by atoms with E-state index in [1.165, 1.54) is 18.2 Å². The second-order valence-electron chi connectivity index (χ2n) is 3.10. The third-order valence-corrected chi connectivity index (χ3v) is 2.05. The van der Waals surface area contributed by atoms with E-state index in [4.69, 9.17) is 11.6 Å². The van der Waals surface area contributed by atoms with Gasteiger partial charge in [0.2, 0.25) is 5.91 Å². The molecule has 0 unspecified atom stereocenters. The molecule has 1 aromatic rings. The lowest BCUT2D eigenvalue weighted by atomic mass is 10.2. The van der Waals surface area contributed by atoms with Crippen molar-refractivity contribution in [3.63, 3.8) is 0 Å². The molecule has 0 heterocycles. The molecule has 16 heavy (non-hydrogen) atoms. The van der Waals surface area contributed by atoms with Crippen LogP contribution >= 0.6 is 11.6 Å². The van der Waals surface area contributed by atoms with Crippen molar-refractivity contribution >= 4 is 29.2 Å². The molecule has 0 saturated carbocycles. The van der Waals surface area contributed by atoms with Crippen molar-refractivity contribution in [1.29, 1.82) is 0 Å². The summed E-state index contributed by atoms with van der Waals surface area (Å²) in [6.07, 6.45) is 0. The molecule has 0 radical (unpaired) electrons. The summed E-state index contributed by atoms with van der Waals surface area (Å²) in [5, 5.41) is 4.27. The monoisotopic (exact) mass is 244 g/mol. The first kappa shape index (κ1) is 12.4. The van der Waals surface area contributed by atoms with Crippen molar-refractivity contribution in [3.8, 4) is 0 Å². The number of anilines is 1. The highest BCUT2D eigenvalue weighted by molar-refractivity contribution is 6.28. The lowest BCUT2D eigenvalue weighted by molar-refractivity contribution is -0.117. The summed E-state index contributed by atoms with van der Waals surface area (Å²) in [6, 6.07) is 3.48. The summed E-state index contributed by atoms with van der Waals surface area (Å²) >= 11 is 5.19. The normalized spacial score (nSPS) is 9.69. The van der Waals surface area contributed by atoms with Crippen LogP contribution in [0.5, 0.6) is 0 Å². The minimum Gasteiger partial charge on any atom is -0.308 e. The van der Waals surface area contributed by atoms with Gasteiger partial charge in [0.15, 0.2) is 0 Å². The van der Waals surface area contributed by atoms with E-state index >= 15 is 0 Å². The maximum absolute atomic E-state index is 13.1. The number of nitrogens with one attached hydrogen (secondary N) is 2. The molecule has 0 aliphatic heterocycles. The van der Waals surface area contributed by atoms with E-state index in [0.717, 1.165) is 0 Å². The van der Waals surface area contributed by atoms with Crippen molar-refractivity contribution in [2.45, 2.75) is 6.92 Å². The molecule has 0 fully saturated rings. The number of benzene rings is 1. The SMILES string of the molecule is Cc1ccc(NC(=O)NC(=O)CCl)cc1F. The van der Waals surface area contributed by atoms with E-state index in [-0.39, 0.29) is 11.6 Å². The summed E-state index contributed by atoms with van der Waals surface area (Å²) < 4.78 is 13.1. The molecule has 0 saturated heterocycles. The van der Waals surface area contributed by atoms with Gasteiger partial charge in [-0.2, -0.15) is 0 Å². The van der Waals surface area contributed by atoms with Crippen LogP contribution < -0.4 is 10.6 Å². The number of hydrogen-bond donors (Lipinski definition) is 2. The largest absolute Gasteiger partial charge is 0.325 e. The van der Waals surface area contributed by atoms with E-state index in [9.17, 15) is 14.0 Å². The van der Waals surface area contributed by atoms with Gasteiger partial charge in [0, 0.05) is 5.69 Å². The van der Waals surface area contributed by atoms with Gasteiger partial charge in [0.25, 0.3) is 0 Å². The van der Waals surface area contributed by atoms with Crippen LogP contribution in [0.2, 0.25) is 0 Å². The fourth-order valence-corrected chi connectivity index (χ4v) is 1.06. The van der Waals surface area contributed by atoms with Gasteiger partial charge in [-0.05, 0) is 24.6 Å². The predicted octanol–water partition coefficient (Wildman–Crippen LogP) is 2.02. The average molecular weight is 245 g/mol. The quantitative estimate of drug-likeness (QED) is 0.782. The molecule has 6 heteroatoms. The Morgan fingerprint density at radius 3 is 2.69 bits per heavy atom. The minimum atomic E-state index is -0.742. The Balaban J connectivity index is 2.63. The average Bonchev–Trinajstić information content (AvgIpc) is 2.23. The Bertz CT molecular complexity index is 423. The molecular formula is C10H10ClFN2O2. The highest BCUT2D eigenvalue weighted by Gasteiger charge is 2.07. The van der Waals surface area contributed by atoms with Crippen LogP contribution in [0, 0.1) is 12.7 Å². The fourth-order valence-electron chi connectivity index (χ4n) is 0.993.